The Hall–Kier alpha value is -1.10. The van der Waals surface area contributed by atoms with Gasteiger partial charge in [-0.15, -0.1) is 0 Å². The first-order valence-electron chi connectivity index (χ1n) is 4.29. The van der Waals surface area contributed by atoms with Crippen molar-refractivity contribution in [3.05, 3.63) is 0 Å². The molecule has 0 aromatic heterocycles. The van der Waals surface area contributed by atoms with Crippen molar-refractivity contribution in [2.45, 2.75) is 13.0 Å². The minimum atomic E-state index is -0.366. The lowest BCUT2D eigenvalue weighted by atomic mass is 10.3. The van der Waals surface area contributed by atoms with Crippen LogP contribution in [-0.2, 0) is 4.79 Å². The van der Waals surface area contributed by atoms with Gasteiger partial charge in [-0.05, 0) is 21.0 Å². The molecule has 0 spiro atoms. The molecule has 0 aromatic rings. The number of likely N-dealkylation sites (N-methyl/N-ethyl adjacent to an activating group) is 1. The fourth-order valence-corrected chi connectivity index (χ4v) is 1.17. The molecule has 1 aliphatic rings. The van der Waals surface area contributed by atoms with Crippen LogP contribution in [0.25, 0.3) is 0 Å². The molecule has 1 atom stereocenters. The minimum Gasteiger partial charge on any atom is -0.326 e. The van der Waals surface area contributed by atoms with E-state index >= 15 is 0 Å². The van der Waals surface area contributed by atoms with E-state index in [-0.39, 0.29) is 18.0 Å². The molecule has 0 aromatic carbocycles. The number of nitrogens with zero attached hydrogens (tertiary/aromatic N) is 2. The van der Waals surface area contributed by atoms with Crippen molar-refractivity contribution < 1.29 is 9.59 Å². The van der Waals surface area contributed by atoms with E-state index < -0.39 is 0 Å². The molecule has 13 heavy (non-hydrogen) atoms. The number of urea groups is 1. The van der Waals surface area contributed by atoms with Gasteiger partial charge in [0.2, 0.25) is 0 Å². The van der Waals surface area contributed by atoms with E-state index in [2.05, 4.69) is 5.32 Å². The highest BCUT2D eigenvalue weighted by Crippen LogP contribution is 2.04. The van der Waals surface area contributed by atoms with Gasteiger partial charge in [0, 0.05) is 13.1 Å². The summed E-state index contributed by atoms with van der Waals surface area (Å²) in [5.74, 6) is -0.133. The van der Waals surface area contributed by atoms with E-state index in [1.165, 1.54) is 4.90 Å². The molecule has 1 heterocycles. The summed E-state index contributed by atoms with van der Waals surface area (Å²) in [7, 11) is 3.81. The Labute approximate surface area is 77.7 Å². The maximum Gasteiger partial charge on any atom is 0.324 e. The SMILES string of the molecule is CC1NC(=O)N(CCN(C)C)C1=O. The van der Waals surface area contributed by atoms with E-state index in [1.807, 2.05) is 19.0 Å². The van der Waals surface area contributed by atoms with Crippen LogP contribution in [0.15, 0.2) is 0 Å². The van der Waals surface area contributed by atoms with E-state index in [0.29, 0.717) is 13.1 Å². The second kappa shape index (κ2) is 3.74. The second-order valence-corrected chi connectivity index (χ2v) is 3.46. The van der Waals surface area contributed by atoms with E-state index in [1.54, 1.807) is 6.92 Å². The van der Waals surface area contributed by atoms with Crippen LogP contribution < -0.4 is 5.32 Å². The molecule has 0 aliphatic carbocycles. The molecule has 1 saturated heterocycles. The van der Waals surface area contributed by atoms with Gasteiger partial charge in [0.25, 0.3) is 5.91 Å². The van der Waals surface area contributed by atoms with Crippen LogP contribution in [-0.4, -0.2) is 55.0 Å². The molecule has 1 rings (SSSR count). The molecule has 5 heteroatoms. The Bertz CT molecular complexity index is 227. The van der Waals surface area contributed by atoms with E-state index in [4.69, 9.17) is 0 Å². The monoisotopic (exact) mass is 185 g/mol. The van der Waals surface area contributed by atoms with Crippen LogP contribution in [0, 0.1) is 0 Å². The molecule has 0 radical (unpaired) electrons. The summed E-state index contributed by atoms with van der Waals surface area (Å²) < 4.78 is 0. The van der Waals surface area contributed by atoms with Crippen molar-refractivity contribution in [3.63, 3.8) is 0 Å². The van der Waals surface area contributed by atoms with Gasteiger partial charge in [-0.2, -0.15) is 0 Å². The Kier molecular flexibility index (Phi) is 2.87. The lowest BCUT2D eigenvalue weighted by molar-refractivity contribution is -0.127. The van der Waals surface area contributed by atoms with Crippen LogP contribution in [0.5, 0.6) is 0 Å². The maximum atomic E-state index is 11.4. The van der Waals surface area contributed by atoms with Crippen molar-refractivity contribution in [1.29, 1.82) is 0 Å². The van der Waals surface area contributed by atoms with Gasteiger partial charge in [0.1, 0.15) is 6.04 Å². The average Bonchev–Trinajstić information content (AvgIpc) is 2.24. The lowest BCUT2D eigenvalue weighted by Crippen LogP contribution is -2.36. The van der Waals surface area contributed by atoms with Crippen LogP contribution >= 0.6 is 0 Å². The zero-order chi connectivity index (χ0) is 10.0. The molecule has 0 saturated carbocycles. The third-order valence-electron chi connectivity index (χ3n) is 1.99. The van der Waals surface area contributed by atoms with Gasteiger partial charge in [-0.1, -0.05) is 0 Å². The van der Waals surface area contributed by atoms with Crippen LogP contribution in [0.4, 0.5) is 4.79 Å². The van der Waals surface area contributed by atoms with Gasteiger partial charge < -0.3 is 10.2 Å². The van der Waals surface area contributed by atoms with Gasteiger partial charge in [0.05, 0.1) is 0 Å². The van der Waals surface area contributed by atoms with Crippen LogP contribution in [0.1, 0.15) is 6.92 Å². The number of amides is 3. The first kappa shape index (κ1) is 9.98. The summed E-state index contributed by atoms with van der Waals surface area (Å²) in [5, 5.41) is 2.56. The molecule has 74 valence electrons. The van der Waals surface area contributed by atoms with Crippen LogP contribution in [0.2, 0.25) is 0 Å². The summed E-state index contributed by atoms with van der Waals surface area (Å²) >= 11 is 0. The van der Waals surface area contributed by atoms with Gasteiger partial charge >= 0.3 is 6.03 Å². The molecular weight excluding hydrogens is 170 g/mol. The lowest BCUT2D eigenvalue weighted by Gasteiger charge is -2.15. The second-order valence-electron chi connectivity index (χ2n) is 3.46. The zero-order valence-corrected chi connectivity index (χ0v) is 8.20. The molecule has 5 nitrogen and oxygen atoms in total. The first-order chi connectivity index (χ1) is 6.02. The van der Waals surface area contributed by atoms with Crippen molar-refractivity contribution in [1.82, 2.24) is 15.1 Å². The summed E-state index contributed by atoms with van der Waals surface area (Å²) in [4.78, 5) is 25.7. The molecule has 1 fully saturated rings. The molecule has 0 bridgehead atoms. The summed E-state index contributed by atoms with van der Waals surface area (Å²) in [6, 6.07) is -0.644. The number of hydrogen-bond acceptors (Lipinski definition) is 3. The van der Waals surface area contributed by atoms with Gasteiger partial charge in [0.15, 0.2) is 0 Å². The van der Waals surface area contributed by atoms with Crippen LogP contribution in [0.3, 0.4) is 0 Å². The van der Waals surface area contributed by atoms with Gasteiger partial charge in [-0.3, -0.25) is 9.69 Å². The molecule has 1 N–H and O–H groups in total. The quantitative estimate of drug-likeness (QED) is 0.602. The number of carbonyl (C=O) groups is 2. The highest BCUT2D eigenvalue weighted by Gasteiger charge is 2.34. The van der Waals surface area contributed by atoms with Crippen molar-refractivity contribution in [2.24, 2.45) is 0 Å². The van der Waals surface area contributed by atoms with Crippen molar-refractivity contribution in [2.75, 3.05) is 27.2 Å². The Morgan fingerprint density at radius 1 is 1.46 bits per heavy atom. The Balaban J connectivity index is 2.49. The molecule has 3 amide bonds. The third kappa shape index (κ3) is 2.18. The number of hydrogen-bond donors (Lipinski definition) is 1. The smallest absolute Gasteiger partial charge is 0.324 e. The maximum absolute atomic E-state index is 11.4. The van der Waals surface area contributed by atoms with Gasteiger partial charge in [-0.25, -0.2) is 4.79 Å². The zero-order valence-electron chi connectivity index (χ0n) is 8.20. The molecular formula is C8H15N3O2. The fraction of sp³-hybridized carbons (Fsp3) is 0.750. The topological polar surface area (TPSA) is 52.7 Å². The number of carbonyl (C=O) groups excluding carboxylic acids is 2. The molecule has 1 aliphatic heterocycles. The predicted octanol–water partition coefficient (Wildman–Crippen LogP) is -0.512. The highest BCUT2D eigenvalue weighted by molar-refractivity contribution is 6.03. The van der Waals surface area contributed by atoms with Crippen molar-refractivity contribution in [3.8, 4) is 0 Å². The van der Waals surface area contributed by atoms with E-state index in [0.717, 1.165) is 0 Å². The predicted molar refractivity (Wildman–Crippen MR) is 48.3 cm³/mol. The minimum absolute atomic E-state index is 0.133. The van der Waals surface area contributed by atoms with Crippen molar-refractivity contribution >= 4 is 11.9 Å². The normalized spacial score (nSPS) is 22.8. The summed E-state index contributed by atoms with van der Waals surface area (Å²) in [6.07, 6.45) is 0. The van der Waals surface area contributed by atoms with E-state index in [9.17, 15) is 9.59 Å². The third-order valence-corrected chi connectivity index (χ3v) is 1.99. The largest absolute Gasteiger partial charge is 0.326 e. The standard InChI is InChI=1S/C8H15N3O2/c1-6-7(12)11(8(13)9-6)5-4-10(2)3/h6H,4-5H2,1-3H3,(H,9,13). The summed E-state index contributed by atoms with van der Waals surface area (Å²) in [5.41, 5.74) is 0. The first-order valence-corrected chi connectivity index (χ1v) is 4.29. The average molecular weight is 185 g/mol. The molecule has 1 unspecified atom stereocenters. The number of nitrogens with one attached hydrogen (secondary N) is 1. The highest BCUT2D eigenvalue weighted by atomic mass is 16.2. The fourth-order valence-electron chi connectivity index (χ4n) is 1.17. The Morgan fingerprint density at radius 3 is 2.46 bits per heavy atom. The summed E-state index contributed by atoms with van der Waals surface area (Å²) in [6.45, 7) is 2.85. The Morgan fingerprint density at radius 2 is 2.08 bits per heavy atom. The number of rotatable bonds is 3. The number of imide groups is 1.